The molecule has 2 heterocycles. The molecule has 0 saturated carbocycles. The number of urea groups is 1. The number of hydrogen-bond donors (Lipinski definition) is 6. The van der Waals surface area contributed by atoms with Gasteiger partial charge in [-0.3, -0.25) is 15.3 Å². The molecule has 2 saturated heterocycles. The quantitative estimate of drug-likeness (QED) is 0.207. The molecule has 0 aliphatic carbocycles. The molecule has 0 unspecified atom stereocenters. The molecular weight excluding hydrogens is 252 g/mol. The number of carbonyl (C=O) groups is 2. The summed E-state index contributed by atoms with van der Waals surface area (Å²) in [6.07, 6.45) is -6.89. The zero-order chi connectivity index (χ0) is 13.7. The van der Waals surface area contributed by atoms with E-state index in [1.54, 1.807) is 0 Å². The van der Waals surface area contributed by atoms with Crippen molar-refractivity contribution in [2.75, 3.05) is 6.61 Å². The third-order valence-electron chi connectivity index (χ3n) is 2.98. The van der Waals surface area contributed by atoms with E-state index in [1.165, 1.54) is 0 Å². The Kier molecular flexibility index (Phi) is 3.01. The van der Waals surface area contributed by atoms with Gasteiger partial charge in [0.05, 0.1) is 6.61 Å². The molecule has 2 aliphatic heterocycles. The lowest BCUT2D eigenvalue weighted by atomic mass is 9.90. The third kappa shape index (κ3) is 1.51. The molecule has 0 aromatic carbocycles. The number of carbonyl (C=O) groups excluding carboxylic acids is 2. The summed E-state index contributed by atoms with van der Waals surface area (Å²) in [6.45, 7) is -0.763. The summed E-state index contributed by atoms with van der Waals surface area (Å²) in [5.74, 6) is -1.34. The van der Waals surface area contributed by atoms with Crippen LogP contribution in [0.3, 0.4) is 0 Å². The largest absolute Gasteiger partial charge is 0.394 e. The summed E-state index contributed by atoms with van der Waals surface area (Å²) >= 11 is 0. The first-order chi connectivity index (χ1) is 8.35. The van der Waals surface area contributed by atoms with Crippen molar-refractivity contribution < 1.29 is 40.0 Å². The van der Waals surface area contributed by atoms with Crippen LogP contribution in [-0.4, -0.2) is 79.4 Å². The monoisotopic (exact) mass is 264 g/mol. The first-order valence-electron chi connectivity index (χ1n) is 5.03. The lowest BCUT2D eigenvalue weighted by molar-refractivity contribution is -0.271. The highest BCUT2D eigenvalue weighted by molar-refractivity contribution is 6.05. The normalized spacial score (nSPS) is 44.6. The van der Waals surface area contributed by atoms with Gasteiger partial charge in [-0.2, -0.15) is 0 Å². The van der Waals surface area contributed by atoms with Crippen molar-refractivity contribution in [2.24, 2.45) is 0 Å². The summed E-state index contributed by atoms with van der Waals surface area (Å²) in [5.41, 5.74) is -2.42. The number of aliphatic hydroxyl groups excluding tert-OH is 4. The van der Waals surface area contributed by atoms with Crippen LogP contribution in [0.25, 0.3) is 0 Å². The van der Waals surface area contributed by atoms with Crippen LogP contribution in [0, 0.1) is 0 Å². The topological polar surface area (TPSA) is 160 Å². The molecule has 3 amide bonds. The fourth-order valence-corrected chi connectivity index (χ4v) is 1.97. The van der Waals surface area contributed by atoms with Crippen LogP contribution in [0.1, 0.15) is 0 Å². The number of hydroxylamine groups is 2. The van der Waals surface area contributed by atoms with E-state index in [0.717, 1.165) is 0 Å². The van der Waals surface area contributed by atoms with Gasteiger partial charge in [0.1, 0.15) is 24.4 Å². The van der Waals surface area contributed by atoms with Crippen LogP contribution in [-0.2, 0) is 9.53 Å². The summed E-state index contributed by atoms with van der Waals surface area (Å²) < 4.78 is 4.94. The molecular formula is C8H12N2O8. The highest BCUT2D eigenvalue weighted by atomic mass is 16.6. The Balaban J connectivity index is 2.38. The van der Waals surface area contributed by atoms with Gasteiger partial charge in [0.2, 0.25) is 0 Å². The molecule has 5 atom stereocenters. The van der Waals surface area contributed by atoms with Crippen LogP contribution >= 0.6 is 0 Å². The van der Waals surface area contributed by atoms with Gasteiger partial charge in [0.25, 0.3) is 5.72 Å². The number of nitrogens with zero attached hydrogens (tertiary/aromatic N) is 1. The minimum absolute atomic E-state index is 0.317. The lowest BCUT2D eigenvalue weighted by Crippen LogP contribution is -2.71. The zero-order valence-corrected chi connectivity index (χ0v) is 8.92. The number of ether oxygens (including phenoxy) is 1. The van der Waals surface area contributed by atoms with Crippen molar-refractivity contribution in [3.8, 4) is 0 Å². The first-order valence-corrected chi connectivity index (χ1v) is 5.03. The van der Waals surface area contributed by atoms with Crippen LogP contribution in [0.2, 0.25) is 0 Å². The number of imide groups is 1. The van der Waals surface area contributed by atoms with E-state index < -0.39 is 48.7 Å². The molecule has 6 N–H and O–H groups in total. The molecule has 2 fully saturated rings. The van der Waals surface area contributed by atoms with Gasteiger partial charge in [0.15, 0.2) is 0 Å². The van der Waals surface area contributed by atoms with E-state index in [-0.39, 0.29) is 5.06 Å². The summed E-state index contributed by atoms with van der Waals surface area (Å²) in [4.78, 5) is 22.8. The minimum atomic E-state index is -2.42. The van der Waals surface area contributed by atoms with Crippen molar-refractivity contribution >= 4 is 11.9 Å². The van der Waals surface area contributed by atoms with E-state index in [1.807, 2.05) is 5.32 Å². The van der Waals surface area contributed by atoms with E-state index >= 15 is 0 Å². The Bertz CT molecular complexity index is 387. The Morgan fingerprint density at radius 3 is 2.33 bits per heavy atom. The Morgan fingerprint density at radius 2 is 1.89 bits per heavy atom. The second-order valence-corrected chi connectivity index (χ2v) is 4.05. The van der Waals surface area contributed by atoms with Gasteiger partial charge in [0, 0.05) is 0 Å². The van der Waals surface area contributed by atoms with Gasteiger partial charge in [-0.1, -0.05) is 0 Å². The lowest BCUT2D eigenvalue weighted by Gasteiger charge is -2.44. The highest BCUT2D eigenvalue weighted by Crippen LogP contribution is 2.32. The van der Waals surface area contributed by atoms with Crippen LogP contribution in [0.15, 0.2) is 0 Å². The first kappa shape index (κ1) is 13.1. The molecule has 10 nitrogen and oxygen atoms in total. The van der Waals surface area contributed by atoms with Crippen LogP contribution < -0.4 is 5.32 Å². The molecule has 0 aromatic heterocycles. The predicted molar refractivity (Wildman–Crippen MR) is 49.9 cm³/mol. The number of nitrogens with one attached hydrogen (secondary N) is 1. The number of amides is 3. The maximum absolute atomic E-state index is 11.6. The van der Waals surface area contributed by atoms with Gasteiger partial charge >= 0.3 is 11.9 Å². The molecule has 102 valence electrons. The van der Waals surface area contributed by atoms with E-state index in [0.29, 0.717) is 0 Å². The van der Waals surface area contributed by atoms with E-state index in [4.69, 9.17) is 15.1 Å². The molecule has 0 bridgehead atoms. The zero-order valence-electron chi connectivity index (χ0n) is 8.92. The highest BCUT2D eigenvalue weighted by Gasteiger charge is 2.64. The third-order valence-corrected chi connectivity index (χ3v) is 2.98. The van der Waals surface area contributed by atoms with Gasteiger partial charge < -0.3 is 25.2 Å². The molecule has 2 rings (SSSR count). The number of hydrogen-bond acceptors (Lipinski definition) is 8. The molecule has 18 heavy (non-hydrogen) atoms. The number of rotatable bonds is 1. The predicted octanol–water partition coefficient (Wildman–Crippen LogP) is -3.90. The Morgan fingerprint density at radius 1 is 1.28 bits per heavy atom. The molecule has 2 aliphatic rings. The van der Waals surface area contributed by atoms with Crippen molar-refractivity contribution in [3.63, 3.8) is 0 Å². The maximum atomic E-state index is 11.6. The van der Waals surface area contributed by atoms with E-state index in [2.05, 4.69) is 0 Å². The van der Waals surface area contributed by atoms with Gasteiger partial charge in [-0.15, -0.1) is 5.06 Å². The molecule has 10 heteroatoms. The number of aliphatic hydroxyl groups is 4. The minimum Gasteiger partial charge on any atom is -0.394 e. The Labute approximate surface area is 100.0 Å². The fourth-order valence-electron chi connectivity index (χ4n) is 1.97. The van der Waals surface area contributed by atoms with Crippen molar-refractivity contribution in [1.82, 2.24) is 10.4 Å². The molecule has 0 aromatic rings. The standard InChI is InChI=1S/C8H12N2O8/c11-1-2-3(12)4(13)5(14)8(18-2)6(15)10(17)7(16)9-8/h2-5,11-14,17H,1H2,(H,9,16)/t2-,3+,4-,5-,8-/m0/s1. The van der Waals surface area contributed by atoms with Crippen molar-refractivity contribution in [2.45, 2.75) is 30.1 Å². The fraction of sp³-hybridized carbons (Fsp3) is 0.750. The smallest absolute Gasteiger partial charge is 0.351 e. The maximum Gasteiger partial charge on any atom is 0.351 e. The van der Waals surface area contributed by atoms with Gasteiger partial charge in [-0.25, -0.2) is 4.79 Å². The Hall–Kier alpha value is -1.30. The second kappa shape index (κ2) is 4.12. The SMILES string of the molecule is O=C1N[C@@]2(O[C@@H](CO)[C@@H](O)[C@H](O)[C@@H]2O)C(=O)N1O. The van der Waals surface area contributed by atoms with Crippen molar-refractivity contribution in [1.29, 1.82) is 0 Å². The van der Waals surface area contributed by atoms with Gasteiger partial charge in [-0.05, 0) is 0 Å². The van der Waals surface area contributed by atoms with Crippen molar-refractivity contribution in [3.05, 3.63) is 0 Å². The average molecular weight is 264 g/mol. The van der Waals surface area contributed by atoms with E-state index in [9.17, 15) is 24.9 Å². The summed E-state index contributed by atoms with van der Waals surface area (Å²) in [6, 6.07) is -1.25. The average Bonchev–Trinajstić information content (AvgIpc) is 2.57. The summed E-state index contributed by atoms with van der Waals surface area (Å²) in [7, 11) is 0. The molecule has 0 radical (unpaired) electrons. The van der Waals surface area contributed by atoms with Crippen LogP contribution in [0.5, 0.6) is 0 Å². The summed E-state index contributed by atoms with van der Waals surface area (Å²) in [5, 5.41) is 48.4. The van der Waals surface area contributed by atoms with Crippen LogP contribution in [0.4, 0.5) is 4.79 Å². The second-order valence-electron chi connectivity index (χ2n) is 4.05. The molecule has 1 spiro atoms.